The summed E-state index contributed by atoms with van der Waals surface area (Å²) in [7, 11) is 0. The van der Waals surface area contributed by atoms with Gasteiger partial charge >= 0.3 is 0 Å². The van der Waals surface area contributed by atoms with Gasteiger partial charge in [0, 0.05) is 0 Å². The topological polar surface area (TPSA) is 162 Å². The van der Waals surface area contributed by atoms with E-state index in [1.165, 1.54) is 0 Å². The summed E-state index contributed by atoms with van der Waals surface area (Å²) in [6, 6.07) is 0. The van der Waals surface area contributed by atoms with Crippen LogP contribution in [-0.4, -0.2) is 61.4 Å². The number of aliphatic hydroxyl groups is 3. The third-order valence-electron chi connectivity index (χ3n) is 2.83. The summed E-state index contributed by atoms with van der Waals surface area (Å²) < 4.78 is 5.15. The molecule has 2 heterocycles. The van der Waals surface area contributed by atoms with Crippen molar-refractivity contribution in [3.05, 3.63) is 11.4 Å². The van der Waals surface area contributed by atoms with Gasteiger partial charge in [-0.15, -0.1) is 0 Å². The number of nitrogens with two attached hydrogens (primary N) is 1. The van der Waals surface area contributed by atoms with Crippen LogP contribution >= 0.6 is 0 Å². The van der Waals surface area contributed by atoms with Crippen molar-refractivity contribution in [3.8, 4) is 5.75 Å². The first-order chi connectivity index (χ1) is 8.47. The number of nitrogens with one attached hydrogen (secondary N) is 1. The molecule has 18 heavy (non-hydrogen) atoms. The van der Waals surface area contributed by atoms with Gasteiger partial charge in [0.05, 0.1) is 6.61 Å². The number of carbonyl (C=O) groups excluding carboxylic acids is 1. The number of nitrogens with zero attached hydrogens (tertiary/aromatic N) is 1. The predicted molar refractivity (Wildman–Crippen MR) is 55.5 cm³/mol. The molecule has 0 unspecified atom stereocenters. The lowest BCUT2D eigenvalue weighted by atomic mass is 10.1. The third kappa shape index (κ3) is 1.82. The lowest BCUT2D eigenvalue weighted by Gasteiger charge is -2.12. The van der Waals surface area contributed by atoms with Gasteiger partial charge in [-0.05, 0) is 0 Å². The van der Waals surface area contributed by atoms with Crippen LogP contribution in [0.5, 0.6) is 5.75 Å². The maximum atomic E-state index is 10.9. The molecule has 9 nitrogen and oxygen atoms in total. The molecule has 0 radical (unpaired) electrons. The molecular formula is C9H13N3O6. The van der Waals surface area contributed by atoms with E-state index in [0.29, 0.717) is 0 Å². The molecule has 2 rings (SSSR count). The highest BCUT2D eigenvalue weighted by Gasteiger charge is 2.45. The van der Waals surface area contributed by atoms with Crippen LogP contribution in [0.4, 0.5) is 0 Å². The van der Waals surface area contributed by atoms with E-state index < -0.39 is 42.7 Å². The zero-order chi connectivity index (χ0) is 13.4. The van der Waals surface area contributed by atoms with Crippen LogP contribution in [0, 0.1) is 0 Å². The van der Waals surface area contributed by atoms with E-state index in [4.69, 9.17) is 15.6 Å². The second-order valence-corrected chi connectivity index (χ2v) is 3.96. The van der Waals surface area contributed by atoms with E-state index in [-0.39, 0.29) is 11.4 Å². The molecule has 0 aliphatic carbocycles. The van der Waals surface area contributed by atoms with Gasteiger partial charge in [-0.3, -0.25) is 9.89 Å². The fourth-order valence-corrected chi connectivity index (χ4v) is 1.85. The maximum absolute atomic E-state index is 10.9. The molecule has 4 atom stereocenters. The molecule has 7 N–H and O–H groups in total. The fourth-order valence-electron chi connectivity index (χ4n) is 1.85. The fraction of sp³-hybridized carbons (Fsp3) is 0.556. The number of H-pyrrole nitrogens is 1. The summed E-state index contributed by atoms with van der Waals surface area (Å²) >= 11 is 0. The number of aromatic amines is 1. The van der Waals surface area contributed by atoms with E-state index in [2.05, 4.69) is 10.2 Å². The first kappa shape index (κ1) is 12.8. The van der Waals surface area contributed by atoms with Crippen molar-refractivity contribution in [1.82, 2.24) is 10.2 Å². The van der Waals surface area contributed by atoms with Crippen LogP contribution in [0.1, 0.15) is 22.3 Å². The van der Waals surface area contributed by atoms with Crippen molar-refractivity contribution in [2.24, 2.45) is 5.73 Å². The molecule has 1 saturated heterocycles. The van der Waals surface area contributed by atoms with Gasteiger partial charge in [0.15, 0.2) is 11.4 Å². The summed E-state index contributed by atoms with van der Waals surface area (Å²) in [6.07, 6.45) is -4.83. The van der Waals surface area contributed by atoms with Gasteiger partial charge in [0.25, 0.3) is 5.91 Å². The van der Waals surface area contributed by atoms with Crippen LogP contribution in [-0.2, 0) is 4.74 Å². The minimum Gasteiger partial charge on any atom is -0.504 e. The number of primary amides is 1. The highest BCUT2D eigenvalue weighted by Crippen LogP contribution is 2.37. The average molecular weight is 259 g/mol. The minimum absolute atomic E-state index is 0.147. The number of aromatic nitrogens is 2. The van der Waals surface area contributed by atoms with Crippen molar-refractivity contribution >= 4 is 5.91 Å². The molecule has 0 bridgehead atoms. The van der Waals surface area contributed by atoms with Gasteiger partial charge in [-0.2, -0.15) is 5.10 Å². The molecule has 1 aromatic heterocycles. The lowest BCUT2D eigenvalue weighted by molar-refractivity contribution is -0.0245. The number of ether oxygens (including phenoxy) is 1. The zero-order valence-corrected chi connectivity index (χ0v) is 9.15. The molecule has 9 heteroatoms. The number of aromatic hydroxyl groups is 1. The highest BCUT2D eigenvalue weighted by molar-refractivity contribution is 5.93. The van der Waals surface area contributed by atoms with Crippen LogP contribution in [0.2, 0.25) is 0 Å². The van der Waals surface area contributed by atoms with E-state index in [1.807, 2.05) is 0 Å². The number of amides is 1. The highest BCUT2D eigenvalue weighted by atomic mass is 16.6. The Kier molecular flexibility index (Phi) is 3.22. The number of aliphatic hydroxyl groups excluding tert-OH is 3. The molecule has 1 aromatic rings. The molecule has 0 saturated carbocycles. The Hall–Kier alpha value is -1.68. The number of carbonyl (C=O) groups is 1. The second-order valence-electron chi connectivity index (χ2n) is 3.96. The summed E-state index contributed by atoms with van der Waals surface area (Å²) in [5, 5.41) is 43.7. The van der Waals surface area contributed by atoms with Crippen molar-refractivity contribution in [3.63, 3.8) is 0 Å². The SMILES string of the molecule is NC(=O)c1[nH]nc([C@@H]2O[C@H](CO)[C@H](O)[C@H]2O)c1O. The molecule has 0 aromatic carbocycles. The summed E-state index contributed by atoms with van der Waals surface area (Å²) in [4.78, 5) is 10.9. The van der Waals surface area contributed by atoms with E-state index in [9.17, 15) is 20.1 Å². The third-order valence-corrected chi connectivity index (χ3v) is 2.83. The smallest absolute Gasteiger partial charge is 0.270 e. The number of rotatable bonds is 3. The number of hydrogen-bond donors (Lipinski definition) is 6. The van der Waals surface area contributed by atoms with Crippen molar-refractivity contribution in [1.29, 1.82) is 0 Å². The van der Waals surface area contributed by atoms with Gasteiger partial charge in [0.2, 0.25) is 0 Å². The van der Waals surface area contributed by atoms with Gasteiger partial charge in [0.1, 0.15) is 30.1 Å². The molecule has 1 aliphatic rings. The number of hydrogen-bond acceptors (Lipinski definition) is 7. The molecular weight excluding hydrogens is 246 g/mol. The van der Waals surface area contributed by atoms with Crippen LogP contribution in [0.15, 0.2) is 0 Å². The maximum Gasteiger partial charge on any atom is 0.270 e. The monoisotopic (exact) mass is 259 g/mol. The molecule has 1 amide bonds. The molecule has 100 valence electrons. The van der Waals surface area contributed by atoms with E-state index >= 15 is 0 Å². The Morgan fingerprint density at radius 3 is 2.56 bits per heavy atom. The molecule has 0 spiro atoms. The van der Waals surface area contributed by atoms with Crippen molar-refractivity contribution in [2.45, 2.75) is 24.4 Å². The Balaban J connectivity index is 2.30. The van der Waals surface area contributed by atoms with E-state index in [0.717, 1.165) is 0 Å². The normalized spacial score (nSPS) is 31.7. The second kappa shape index (κ2) is 4.53. The van der Waals surface area contributed by atoms with Crippen LogP contribution < -0.4 is 5.73 Å². The van der Waals surface area contributed by atoms with Gasteiger partial charge < -0.3 is 30.9 Å². The average Bonchev–Trinajstić information content (AvgIpc) is 2.82. The van der Waals surface area contributed by atoms with Crippen molar-refractivity contribution < 1.29 is 30.0 Å². The van der Waals surface area contributed by atoms with E-state index in [1.54, 1.807) is 0 Å². The Labute approximate surface area is 101 Å². The van der Waals surface area contributed by atoms with Gasteiger partial charge in [-0.1, -0.05) is 0 Å². The molecule has 1 aliphatic heterocycles. The Bertz CT molecular complexity index is 461. The standard InChI is InChI=1S/C9H13N3O6/c10-9(17)4-6(15)3(11-12-4)8-7(16)5(14)2(1-13)18-8/h2,5,7-8,13-16H,1H2,(H2,10,17)(H,11,12)/t2-,5+,7-,8+/m1/s1. The van der Waals surface area contributed by atoms with Gasteiger partial charge in [-0.25, -0.2) is 0 Å². The lowest BCUT2D eigenvalue weighted by Crippen LogP contribution is -2.32. The summed E-state index contributed by atoms with van der Waals surface area (Å²) in [5.74, 6) is -1.46. The zero-order valence-electron chi connectivity index (χ0n) is 9.15. The largest absolute Gasteiger partial charge is 0.504 e. The quantitative estimate of drug-likeness (QED) is 0.346. The summed E-state index contributed by atoms with van der Waals surface area (Å²) in [6.45, 7) is -0.497. The Morgan fingerprint density at radius 2 is 2.11 bits per heavy atom. The first-order valence-corrected chi connectivity index (χ1v) is 5.16. The predicted octanol–water partition coefficient (Wildman–Crippen LogP) is -2.63. The minimum atomic E-state index is -1.38. The van der Waals surface area contributed by atoms with Crippen LogP contribution in [0.25, 0.3) is 0 Å². The van der Waals surface area contributed by atoms with Crippen LogP contribution in [0.3, 0.4) is 0 Å². The Morgan fingerprint density at radius 1 is 1.44 bits per heavy atom. The molecule has 1 fully saturated rings. The first-order valence-electron chi connectivity index (χ1n) is 5.16. The summed E-state index contributed by atoms with van der Waals surface area (Å²) in [5.41, 5.74) is 4.52. The van der Waals surface area contributed by atoms with Crippen molar-refractivity contribution in [2.75, 3.05) is 6.61 Å².